The van der Waals surface area contributed by atoms with E-state index in [1.165, 1.54) is 0 Å². The van der Waals surface area contributed by atoms with Crippen LogP contribution in [0.4, 0.5) is 0 Å². The second-order valence-electron chi connectivity index (χ2n) is 7.24. The molecule has 6 nitrogen and oxygen atoms in total. The van der Waals surface area contributed by atoms with Crippen molar-refractivity contribution in [1.29, 1.82) is 0 Å². The Bertz CT molecular complexity index is 1280. The Hall–Kier alpha value is -3.45. The fourth-order valence-electron chi connectivity index (χ4n) is 3.51. The lowest BCUT2D eigenvalue weighted by molar-refractivity contribution is 0.0941. The lowest BCUT2D eigenvalue weighted by Crippen LogP contribution is -2.27. The minimum absolute atomic E-state index is 0.199. The number of hydrogen-bond acceptors (Lipinski definition) is 5. The van der Waals surface area contributed by atoms with E-state index in [0.29, 0.717) is 28.5 Å². The number of amides is 1. The predicted molar refractivity (Wildman–Crippen MR) is 128 cm³/mol. The Morgan fingerprint density at radius 2 is 1.78 bits per heavy atom. The number of rotatable bonds is 6. The van der Waals surface area contributed by atoms with Gasteiger partial charge in [0.25, 0.3) is 5.91 Å². The number of hydrogen-bond donors (Lipinski definition) is 1. The van der Waals surface area contributed by atoms with Crippen LogP contribution in [-0.2, 0) is 0 Å². The maximum absolute atomic E-state index is 13.4. The van der Waals surface area contributed by atoms with E-state index in [-0.39, 0.29) is 11.9 Å². The molecule has 1 unspecified atom stereocenters. The Morgan fingerprint density at radius 1 is 0.969 bits per heavy atom. The van der Waals surface area contributed by atoms with Crippen molar-refractivity contribution in [1.82, 2.24) is 15.3 Å². The molecule has 0 bridgehead atoms. The average molecular weight is 492 g/mol. The Morgan fingerprint density at radius 3 is 2.50 bits per heavy atom. The summed E-state index contributed by atoms with van der Waals surface area (Å²) in [5.74, 6) is 1.05. The van der Waals surface area contributed by atoms with Crippen molar-refractivity contribution < 1.29 is 14.3 Å². The Labute approximate surface area is 194 Å². The number of fused-ring (bicyclic) bond motifs is 1. The lowest BCUT2D eigenvalue weighted by atomic mass is 10.0. The van der Waals surface area contributed by atoms with Crippen molar-refractivity contribution in [3.05, 3.63) is 82.5 Å². The molecule has 7 heteroatoms. The summed E-state index contributed by atoms with van der Waals surface area (Å²) in [6, 6.07) is 18.5. The van der Waals surface area contributed by atoms with Gasteiger partial charge in [0.15, 0.2) is 11.5 Å². The fraction of sp³-hybridized carbons (Fsp3) is 0.160. The first-order chi connectivity index (χ1) is 15.5. The van der Waals surface area contributed by atoms with Crippen LogP contribution in [0.25, 0.3) is 22.3 Å². The summed E-state index contributed by atoms with van der Waals surface area (Å²) < 4.78 is 11.6. The summed E-state index contributed by atoms with van der Waals surface area (Å²) in [6.45, 7) is 1.93. The summed E-state index contributed by atoms with van der Waals surface area (Å²) in [5.41, 5.74) is 3.51. The van der Waals surface area contributed by atoms with Crippen LogP contribution in [0.5, 0.6) is 11.5 Å². The van der Waals surface area contributed by atoms with Gasteiger partial charge in [0, 0.05) is 16.1 Å². The molecule has 4 aromatic rings. The Balaban J connectivity index is 1.72. The van der Waals surface area contributed by atoms with Crippen LogP contribution >= 0.6 is 15.9 Å². The SMILES string of the molecule is COc1ccc(C(C)NC(=O)c2cc(-c3ccccn3)nc3ccc(Br)cc23)cc1OC. The van der Waals surface area contributed by atoms with Crippen LogP contribution in [0.2, 0.25) is 0 Å². The highest BCUT2D eigenvalue weighted by Gasteiger charge is 2.18. The zero-order valence-electron chi connectivity index (χ0n) is 17.9. The van der Waals surface area contributed by atoms with Gasteiger partial charge in [-0.1, -0.05) is 28.1 Å². The number of ether oxygens (including phenoxy) is 2. The number of pyridine rings is 2. The second kappa shape index (κ2) is 9.36. The molecule has 0 aliphatic carbocycles. The van der Waals surface area contributed by atoms with Crippen molar-refractivity contribution >= 4 is 32.7 Å². The van der Waals surface area contributed by atoms with Gasteiger partial charge in [-0.15, -0.1) is 0 Å². The second-order valence-corrected chi connectivity index (χ2v) is 8.16. The maximum atomic E-state index is 13.4. The molecule has 2 aromatic carbocycles. The molecule has 0 aliphatic rings. The van der Waals surface area contributed by atoms with E-state index >= 15 is 0 Å². The number of carbonyl (C=O) groups excluding carboxylic acids is 1. The van der Waals surface area contributed by atoms with Gasteiger partial charge in [0.1, 0.15) is 0 Å². The number of nitrogens with zero attached hydrogens (tertiary/aromatic N) is 2. The smallest absolute Gasteiger partial charge is 0.252 e. The number of benzene rings is 2. The van der Waals surface area contributed by atoms with Gasteiger partial charge >= 0.3 is 0 Å². The molecule has 0 saturated carbocycles. The van der Waals surface area contributed by atoms with E-state index in [2.05, 4.69) is 26.2 Å². The normalized spacial score (nSPS) is 11.8. The van der Waals surface area contributed by atoms with E-state index in [4.69, 9.17) is 14.5 Å². The fourth-order valence-corrected chi connectivity index (χ4v) is 3.87. The first-order valence-electron chi connectivity index (χ1n) is 10.0. The molecule has 1 N–H and O–H groups in total. The van der Waals surface area contributed by atoms with Crippen LogP contribution < -0.4 is 14.8 Å². The maximum Gasteiger partial charge on any atom is 0.252 e. The zero-order chi connectivity index (χ0) is 22.7. The van der Waals surface area contributed by atoms with Gasteiger partial charge < -0.3 is 14.8 Å². The summed E-state index contributed by atoms with van der Waals surface area (Å²) in [7, 11) is 3.18. The molecule has 162 valence electrons. The van der Waals surface area contributed by atoms with Crippen LogP contribution in [0.15, 0.2) is 71.3 Å². The third-order valence-electron chi connectivity index (χ3n) is 5.20. The van der Waals surface area contributed by atoms with E-state index in [9.17, 15) is 4.79 Å². The van der Waals surface area contributed by atoms with Crippen molar-refractivity contribution in [2.45, 2.75) is 13.0 Å². The van der Waals surface area contributed by atoms with Crippen molar-refractivity contribution in [3.63, 3.8) is 0 Å². The summed E-state index contributed by atoms with van der Waals surface area (Å²) in [5, 5.41) is 3.85. The number of aromatic nitrogens is 2. The largest absolute Gasteiger partial charge is 0.493 e. The van der Waals surface area contributed by atoms with Crippen LogP contribution in [-0.4, -0.2) is 30.1 Å². The molecular weight excluding hydrogens is 470 g/mol. The summed E-state index contributed by atoms with van der Waals surface area (Å²) >= 11 is 3.50. The minimum Gasteiger partial charge on any atom is -0.493 e. The molecule has 4 rings (SSSR count). The van der Waals surface area contributed by atoms with Crippen molar-refractivity contribution in [2.24, 2.45) is 0 Å². The molecule has 1 amide bonds. The van der Waals surface area contributed by atoms with E-state index in [0.717, 1.165) is 20.9 Å². The molecule has 0 radical (unpaired) electrons. The highest BCUT2D eigenvalue weighted by atomic mass is 79.9. The minimum atomic E-state index is -0.254. The number of carbonyl (C=O) groups is 1. The average Bonchev–Trinajstić information content (AvgIpc) is 2.83. The molecule has 32 heavy (non-hydrogen) atoms. The van der Waals surface area contributed by atoms with Gasteiger partial charge in [-0.3, -0.25) is 9.78 Å². The van der Waals surface area contributed by atoms with Crippen molar-refractivity contribution in [3.8, 4) is 22.9 Å². The van der Waals surface area contributed by atoms with E-state index in [1.54, 1.807) is 26.5 Å². The number of methoxy groups -OCH3 is 2. The summed E-state index contributed by atoms with van der Waals surface area (Å²) in [4.78, 5) is 22.5. The monoisotopic (exact) mass is 491 g/mol. The third-order valence-corrected chi connectivity index (χ3v) is 5.69. The molecule has 0 fully saturated rings. The lowest BCUT2D eigenvalue weighted by Gasteiger charge is -2.18. The molecule has 0 spiro atoms. The quantitative estimate of drug-likeness (QED) is 0.381. The van der Waals surface area contributed by atoms with Gasteiger partial charge in [0.05, 0.1) is 42.7 Å². The van der Waals surface area contributed by atoms with Gasteiger partial charge in [-0.25, -0.2) is 4.98 Å². The van der Waals surface area contributed by atoms with Crippen molar-refractivity contribution in [2.75, 3.05) is 14.2 Å². The van der Waals surface area contributed by atoms with Gasteiger partial charge in [0.2, 0.25) is 0 Å². The molecule has 2 aromatic heterocycles. The van der Waals surface area contributed by atoms with Crippen LogP contribution in [0.1, 0.15) is 28.9 Å². The molecule has 1 atom stereocenters. The Kier molecular flexibility index (Phi) is 6.37. The molecule has 2 heterocycles. The van der Waals surface area contributed by atoms with Gasteiger partial charge in [-0.05, 0) is 61.0 Å². The number of nitrogens with one attached hydrogen (secondary N) is 1. The molecule has 0 saturated heterocycles. The first kappa shape index (κ1) is 21.8. The first-order valence-corrected chi connectivity index (χ1v) is 10.8. The zero-order valence-corrected chi connectivity index (χ0v) is 19.5. The van der Waals surface area contributed by atoms with Gasteiger partial charge in [-0.2, -0.15) is 0 Å². The number of halogens is 1. The predicted octanol–water partition coefficient (Wildman–Crippen LogP) is 5.57. The highest BCUT2D eigenvalue weighted by Crippen LogP contribution is 2.31. The summed E-state index contributed by atoms with van der Waals surface area (Å²) in [6.07, 6.45) is 1.71. The molecular formula is C25H22BrN3O3. The third kappa shape index (κ3) is 4.43. The highest BCUT2D eigenvalue weighted by molar-refractivity contribution is 9.10. The standard InChI is InChI=1S/C25H22BrN3O3/c1-15(16-7-10-23(31-2)24(12-16)32-3)28-25(30)19-14-22(21-6-4-5-11-27-21)29-20-9-8-17(26)13-18(19)20/h4-15H,1-3H3,(H,28,30). The van der Waals surface area contributed by atoms with Crippen LogP contribution in [0, 0.1) is 0 Å². The topological polar surface area (TPSA) is 73.3 Å². The van der Waals surface area contributed by atoms with Crippen LogP contribution in [0.3, 0.4) is 0 Å². The van der Waals surface area contributed by atoms with E-state index < -0.39 is 0 Å². The molecule has 0 aliphatic heterocycles. The van der Waals surface area contributed by atoms with E-state index in [1.807, 2.05) is 61.5 Å².